The first-order valence-corrected chi connectivity index (χ1v) is 10.4. The van der Waals surface area contributed by atoms with Gasteiger partial charge in [0.15, 0.2) is 0 Å². The molecule has 3 heterocycles. The molecular weight excluding hydrogens is 449 g/mol. The van der Waals surface area contributed by atoms with Crippen molar-refractivity contribution in [1.82, 2.24) is 19.5 Å². The second-order valence-electron chi connectivity index (χ2n) is 7.08. The predicted molar refractivity (Wildman–Crippen MR) is 123 cm³/mol. The number of benzene rings is 2. The summed E-state index contributed by atoms with van der Waals surface area (Å²) >= 11 is 12.5. The summed E-state index contributed by atoms with van der Waals surface area (Å²) < 4.78 is 7.17. The first kappa shape index (κ1) is 20.2. The van der Waals surface area contributed by atoms with E-state index in [-0.39, 0.29) is 17.6 Å². The molecule has 9 heteroatoms. The van der Waals surface area contributed by atoms with Crippen LogP contribution in [0.1, 0.15) is 16.1 Å². The zero-order valence-electron chi connectivity index (χ0n) is 16.7. The number of rotatable bonds is 4. The first-order chi connectivity index (χ1) is 15.5. The van der Waals surface area contributed by atoms with E-state index in [4.69, 9.17) is 27.7 Å². The lowest BCUT2D eigenvalue weighted by Crippen LogP contribution is -2.15. The van der Waals surface area contributed by atoms with E-state index < -0.39 is 0 Å². The van der Waals surface area contributed by atoms with Gasteiger partial charge < -0.3 is 9.84 Å². The summed E-state index contributed by atoms with van der Waals surface area (Å²) in [6.45, 7) is 1.90. The lowest BCUT2D eigenvalue weighted by atomic mass is 10.1. The van der Waals surface area contributed by atoms with Gasteiger partial charge in [0.05, 0.1) is 21.8 Å². The molecule has 3 aromatic heterocycles. The molecule has 0 fully saturated rings. The molecule has 7 nitrogen and oxygen atoms in total. The van der Waals surface area contributed by atoms with E-state index in [1.165, 1.54) is 0 Å². The molecule has 0 saturated heterocycles. The minimum absolute atomic E-state index is 0.279. The summed E-state index contributed by atoms with van der Waals surface area (Å²) in [5.41, 5.74) is 3.77. The number of nitrogens with zero attached hydrogens (tertiary/aromatic N) is 4. The predicted octanol–water partition coefficient (Wildman–Crippen LogP) is 5.92. The number of carbonyl (C=O) groups excluding carboxylic acids is 1. The number of fused-ring (bicyclic) bond motifs is 1. The number of anilines is 1. The molecule has 2 aromatic carbocycles. The van der Waals surface area contributed by atoms with Crippen molar-refractivity contribution in [3.05, 3.63) is 88.3 Å². The maximum atomic E-state index is 12.9. The van der Waals surface area contributed by atoms with Gasteiger partial charge in [0.2, 0.25) is 5.82 Å². The van der Waals surface area contributed by atoms with E-state index in [9.17, 15) is 4.79 Å². The summed E-state index contributed by atoms with van der Waals surface area (Å²) in [6, 6.07) is 16.2. The van der Waals surface area contributed by atoms with Crippen LogP contribution in [0.5, 0.6) is 0 Å². The molecule has 1 amide bonds. The van der Waals surface area contributed by atoms with Crippen LogP contribution in [-0.2, 0) is 0 Å². The zero-order chi connectivity index (χ0) is 22.2. The molecule has 158 valence electrons. The van der Waals surface area contributed by atoms with Crippen molar-refractivity contribution >= 4 is 40.4 Å². The molecule has 0 saturated carbocycles. The van der Waals surface area contributed by atoms with Gasteiger partial charge in [-0.1, -0.05) is 46.6 Å². The smallest absolute Gasteiger partial charge is 0.274 e. The molecule has 5 rings (SSSR count). The molecule has 0 aliphatic heterocycles. The first-order valence-electron chi connectivity index (χ1n) is 9.64. The summed E-state index contributed by atoms with van der Waals surface area (Å²) in [5.74, 6) is 0.284. The van der Waals surface area contributed by atoms with Gasteiger partial charge in [-0.3, -0.25) is 9.20 Å². The number of hydrogen-bond acceptors (Lipinski definition) is 5. The third-order valence-corrected chi connectivity index (χ3v) is 5.62. The second kappa shape index (κ2) is 8.11. The van der Waals surface area contributed by atoms with Gasteiger partial charge in [-0.2, -0.15) is 4.98 Å². The highest BCUT2D eigenvalue weighted by Crippen LogP contribution is 2.34. The van der Waals surface area contributed by atoms with E-state index in [0.29, 0.717) is 38.2 Å². The van der Waals surface area contributed by atoms with Crippen LogP contribution >= 0.6 is 23.2 Å². The van der Waals surface area contributed by atoms with Crippen molar-refractivity contribution in [3.63, 3.8) is 0 Å². The highest BCUT2D eigenvalue weighted by atomic mass is 35.5. The number of nitrogens with one attached hydrogen (secondary N) is 1. The van der Waals surface area contributed by atoms with Gasteiger partial charge >= 0.3 is 0 Å². The van der Waals surface area contributed by atoms with Crippen LogP contribution in [0.3, 0.4) is 0 Å². The number of pyridine rings is 1. The Balaban J connectivity index is 1.46. The van der Waals surface area contributed by atoms with Gasteiger partial charge in [0.1, 0.15) is 11.3 Å². The van der Waals surface area contributed by atoms with Gasteiger partial charge in [-0.15, -0.1) is 0 Å². The van der Waals surface area contributed by atoms with Crippen molar-refractivity contribution < 1.29 is 9.32 Å². The van der Waals surface area contributed by atoms with Crippen LogP contribution in [0, 0.1) is 6.92 Å². The number of amides is 1. The topological polar surface area (TPSA) is 85.3 Å². The fraction of sp³-hybridized carbons (Fsp3) is 0.0435. The number of carbonyl (C=O) groups is 1. The van der Waals surface area contributed by atoms with E-state index in [0.717, 1.165) is 5.56 Å². The molecule has 5 aromatic rings. The highest BCUT2D eigenvalue weighted by molar-refractivity contribution is 6.38. The van der Waals surface area contributed by atoms with Crippen molar-refractivity contribution in [2.24, 2.45) is 0 Å². The maximum absolute atomic E-state index is 12.9. The van der Waals surface area contributed by atoms with Crippen LogP contribution in [0.4, 0.5) is 5.69 Å². The van der Waals surface area contributed by atoms with E-state index in [2.05, 4.69) is 20.4 Å². The van der Waals surface area contributed by atoms with E-state index in [1.54, 1.807) is 41.1 Å². The van der Waals surface area contributed by atoms with Crippen LogP contribution in [0.2, 0.25) is 10.0 Å². The largest absolute Gasteiger partial charge is 0.334 e. The van der Waals surface area contributed by atoms with Crippen LogP contribution in [-0.4, -0.2) is 25.4 Å². The number of hydrogen-bond donors (Lipinski definition) is 1. The standard InChI is InChI=1S/C23H15Cl2N5O2/c1-13-8-9-14(23-28-21(29-32-23)20-15(24)5-4-6-16(20)25)11-17(13)27-22(31)18-12-26-19-7-2-3-10-30(18)19/h2-12H,1H3,(H,27,31). The molecular formula is C23H15Cl2N5O2. The maximum Gasteiger partial charge on any atom is 0.274 e. The Morgan fingerprint density at radius 1 is 1.06 bits per heavy atom. The minimum Gasteiger partial charge on any atom is -0.334 e. The fourth-order valence-electron chi connectivity index (χ4n) is 3.33. The van der Waals surface area contributed by atoms with Crippen LogP contribution < -0.4 is 5.32 Å². The quantitative estimate of drug-likeness (QED) is 0.357. The summed E-state index contributed by atoms with van der Waals surface area (Å²) in [7, 11) is 0. The molecule has 0 aliphatic carbocycles. The molecule has 0 unspecified atom stereocenters. The normalized spacial score (nSPS) is 11.1. The summed E-state index contributed by atoms with van der Waals surface area (Å²) in [6.07, 6.45) is 3.34. The average Bonchev–Trinajstić information content (AvgIpc) is 3.43. The third-order valence-electron chi connectivity index (χ3n) is 4.99. The molecule has 0 atom stereocenters. The highest BCUT2D eigenvalue weighted by Gasteiger charge is 2.18. The summed E-state index contributed by atoms with van der Waals surface area (Å²) in [5, 5.41) is 7.81. The van der Waals surface area contributed by atoms with Crippen molar-refractivity contribution in [2.45, 2.75) is 6.92 Å². The minimum atomic E-state index is -0.280. The SMILES string of the molecule is Cc1ccc(-c2nc(-c3c(Cl)cccc3Cl)no2)cc1NC(=O)c1cnc2ccccn12. The Bertz CT molecular complexity index is 1450. The lowest BCUT2D eigenvalue weighted by molar-refractivity contribution is 0.102. The fourth-order valence-corrected chi connectivity index (χ4v) is 3.90. The van der Waals surface area contributed by atoms with E-state index >= 15 is 0 Å². The molecule has 0 radical (unpaired) electrons. The summed E-state index contributed by atoms with van der Waals surface area (Å²) in [4.78, 5) is 21.6. The Labute approximate surface area is 192 Å². The van der Waals surface area contributed by atoms with Crippen molar-refractivity contribution in [2.75, 3.05) is 5.32 Å². The lowest BCUT2D eigenvalue weighted by Gasteiger charge is -2.09. The molecule has 0 spiro atoms. The van der Waals surface area contributed by atoms with Crippen molar-refractivity contribution in [3.8, 4) is 22.8 Å². The molecule has 0 bridgehead atoms. The van der Waals surface area contributed by atoms with Gasteiger partial charge in [-0.05, 0) is 48.9 Å². The molecule has 0 aliphatic rings. The average molecular weight is 464 g/mol. The number of aryl methyl sites for hydroxylation is 1. The number of imidazole rings is 1. The zero-order valence-corrected chi connectivity index (χ0v) is 18.2. The van der Waals surface area contributed by atoms with Crippen molar-refractivity contribution in [1.29, 1.82) is 0 Å². The van der Waals surface area contributed by atoms with Gasteiger partial charge in [-0.25, -0.2) is 4.98 Å². The van der Waals surface area contributed by atoms with Crippen LogP contribution in [0.25, 0.3) is 28.5 Å². The number of halogens is 2. The van der Waals surface area contributed by atoms with Gasteiger partial charge in [0, 0.05) is 17.4 Å². The Morgan fingerprint density at radius 3 is 2.69 bits per heavy atom. The van der Waals surface area contributed by atoms with E-state index in [1.807, 2.05) is 37.3 Å². The second-order valence-corrected chi connectivity index (χ2v) is 7.89. The molecule has 32 heavy (non-hydrogen) atoms. The van der Waals surface area contributed by atoms with Gasteiger partial charge in [0.25, 0.3) is 11.8 Å². The Hall–Kier alpha value is -3.68. The Morgan fingerprint density at radius 2 is 1.88 bits per heavy atom. The monoisotopic (exact) mass is 463 g/mol. The van der Waals surface area contributed by atoms with Crippen LogP contribution in [0.15, 0.2) is 71.5 Å². The molecule has 1 N–H and O–H groups in total. The third kappa shape index (κ3) is 3.62. The Kier molecular flexibility index (Phi) is 5.13. The number of aromatic nitrogens is 4.